The van der Waals surface area contributed by atoms with Crippen molar-refractivity contribution in [3.63, 3.8) is 0 Å². The zero-order chi connectivity index (χ0) is 14.4. The molecule has 0 saturated heterocycles. The number of hydrogen-bond donors (Lipinski definition) is 2. The molecule has 2 rings (SSSR count). The monoisotopic (exact) mass is 278 g/mol. The van der Waals surface area contributed by atoms with E-state index in [0.717, 1.165) is 0 Å². The van der Waals surface area contributed by atoms with E-state index in [2.05, 4.69) is 10.6 Å². The van der Waals surface area contributed by atoms with Crippen LogP contribution in [0.5, 0.6) is 11.5 Å². The highest BCUT2D eigenvalue weighted by atomic mass is 16.5. The highest BCUT2D eigenvalue weighted by molar-refractivity contribution is 5.92. The molecule has 1 aliphatic carbocycles. The van der Waals surface area contributed by atoms with Crippen molar-refractivity contribution < 1.29 is 14.3 Å². The van der Waals surface area contributed by atoms with E-state index in [1.54, 1.807) is 32.4 Å². The Morgan fingerprint density at radius 2 is 1.90 bits per heavy atom. The second-order valence-corrected chi connectivity index (χ2v) is 4.98. The number of amides is 1. The summed E-state index contributed by atoms with van der Waals surface area (Å²) >= 11 is 0. The lowest BCUT2D eigenvalue weighted by atomic mass is 10.2. The van der Waals surface area contributed by atoms with Gasteiger partial charge in [0.15, 0.2) is 11.5 Å². The normalized spacial score (nSPS) is 15.1. The van der Waals surface area contributed by atoms with Gasteiger partial charge in [-0.15, -0.1) is 0 Å². The fourth-order valence-electron chi connectivity index (χ4n) is 2.49. The molecule has 0 atom stereocenters. The van der Waals surface area contributed by atoms with E-state index in [4.69, 9.17) is 9.47 Å². The fourth-order valence-corrected chi connectivity index (χ4v) is 2.49. The average Bonchev–Trinajstić information content (AvgIpc) is 2.98. The third kappa shape index (κ3) is 3.87. The molecule has 0 spiro atoms. The maximum atomic E-state index is 11.9. The van der Waals surface area contributed by atoms with E-state index in [-0.39, 0.29) is 5.91 Å². The van der Waals surface area contributed by atoms with Crippen LogP contribution in [0.4, 0.5) is 5.69 Å². The highest BCUT2D eigenvalue weighted by Crippen LogP contribution is 2.29. The number of methoxy groups -OCH3 is 2. The first-order chi connectivity index (χ1) is 9.72. The first-order valence-electron chi connectivity index (χ1n) is 6.98. The second-order valence-electron chi connectivity index (χ2n) is 4.98. The van der Waals surface area contributed by atoms with E-state index < -0.39 is 0 Å². The molecule has 5 heteroatoms. The van der Waals surface area contributed by atoms with Crippen LogP contribution in [0.15, 0.2) is 18.2 Å². The van der Waals surface area contributed by atoms with Crippen LogP contribution in [0.2, 0.25) is 0 Å². The first-order valence-corrected chi connectivity index (χ1v) is 6.98. The number of benzene rings is 1. The minimum Gasteiger partial charge on any atom is -0.493 e. The quantitative estimate of drug-likeness (QED) is 0.837. The van der Waals surface area contributed by atoms with Crippen LogP contribution in [-0.2, 0) is 4.79 Å². The number of carbonyl (C=O) groups is 1. The van der Waals surface area contributed by atoms with Gasteiger partial charge in [-0.05, 0) is 25.0 Å². The Bertz CT molecular complexity index is 456. The second kappa shape index (κ2) is 7.14. The zero-order valence-electron chi connectivity index (χ0n) is 12.1. The molecule has 0 aliphatic heterocycles. The van der Waals surface area contributed by atoms with Gasteiger partial charge in [0.25, 0.3) is 0 Å². The Balaban J connectivity index is 1.86. The van der Waals surface area contributed by atoms with Gasteiger partial charge in [0.1, 0.15) is 0 Å². The summed E-state index contributed by atoms with van der Waals surface area (Å²) in [5, 5.41) is 6.14. The first kappa shape index (κ1) is 14.7. The van der Waals surface area contributed by atoms with Gasteiger partial charge in [-0.3, -0.25) is 4.79 Å². The fraction of sp³-hybridized carbons (Fsp3) is 0.533. The van der Waals surface area contributed by atoms with E-state index in [1.807, 2.05) is 0 Å². The number of rotatable bonds is 6. The van der Waals surface area contributed by atoms with Gasteiger partial charge >= 0.3 is 0 Å². The molecule has 1 saturated carbocycles. The van der Waals surface area contributed by atoms with Crippen molar-refractivity contribution in [1.29, 1.82) is 0 Å². The number of hydrogen-bond acceptors (Lipinski definition) is 4. The molecule has 20 heavy (non-hydrogen) atoms. The van der Waals surface area contributed by atoms with Gasteiger partial charge in [-0.25, -0.2) is 0 Å². The van der Waals surface area contributed by atoms with Crippen LogP contribution in [-0.4, -0.2) is 32.7 Å². The summed E-state index contributed by atoms with van der Waals surface area (Å²) in [4.78, 5) is 11.9. The Hall–Kier alpha value is -1.75. The standard InChI is InChI=1S/C15H22N2O3/c1-19-13-8-7-12(9-14(13)20-2)17-15(18)10-16-11-5-3-4-6-11/h7-9,11,16H,3-6,10H2,1-2H3,(H,17,18). The smallest absolute Gasteiger partial charge is 0.238 e. The molecule has 1 aromatic rings. The lowest BCUT2D eigenvalue weighted by molar-refractivity contribution is -0.115. The summed E-state index contributed by atoms with van der Waals surface area (Å²) < 4.78 is 10.4. The zero-order valence-corrected chi connectivity index (χ0v) is 12.1. The lowest BCUT2D eigenvalue weighted by Crippen LogP contribution is -2.34. The molecule has 110 valence electrons. The Labute approximate surface area is 119 Å². The van der Waals surface area contributed by atoms with E-state index in [1.165, 1.54) is 25.7 Å². The molecule has 1 aromatic carbocycles. The SMILES string of the molecule is COc1ccc(NC(=O)CNC2CCCC2)cc1OC. The molecule has 0 heterocycles. The number of anilines is 1. The predicted molar refractivity (Wildman–Crippen MR) is 78.4 cm³/mol. The predicted octanol–water partition coefficient (Wildman–Crippen LogP) is 2.17. The molecular weight excluding hydrogens is 256 g/mol. The van der Waals surface area contributed by atoms with Crippen LogP contribution < -0.4 is 20.1 Å². The van der Waals surface area contributed by atoms with Gasteiger partial charge in [-0.2, -0.15) is 0 Å². The van der Waals surface area contributed by atoms with Crippen molar-refractivity contribution in [3.8, 4) is 11.5 Å². The van der Waals surface area contributed by atoms with Crippen molar-refractivity contribution in [3.05, 3.63) is 18.2 Å². The van der Waals surface area contributed by atoms with Crippen LogP contribution >= 0.6 is 0 Å². The molecule has 1 fully saturated rings. The molecule has 0 aromatic heterocycles. The molecular formula is C15H22N2O3. The molecule has 0 radical (unpaired) electrons. The van der Waals surface area contributed by atoms with Crippen LogP contribution in [0, 0.1) is 0 Å². The maximum Gasteiger partial charge on any atom is 0.238 e. The molecule has 0 unspecified atom stereocenters. The van der Waals surface area contributed by atoms with Gasteiger partial charge in [-0.1, -0.05) is 12.8 Å². The minimum atomic E-state index is -0.0379. The van der Waals surface area contributed by atoms with Crippen LogP contribution in [0.1, 0.15) is 25.7 Å². The van der Waals surface area contributed by atoms with Gasteiger partial charge in [0.05, 0.1) is 20.8 Å². The van der Waals surface area contributed by atoms with Crippen LogP contribution in [0.25, 0.3) is 0 Å². The summed E-state index contributed by atoms with van der Waals surface area (Å²) in [6.45, 7) is 0.346. The molecule has 0 bridgehead atoms. The number of carbonyl (C=O) groups excluding carboxylic acids is 1. The summed E-state index contributed by atoms with van der Waals surface area (Å²) in [5.41, 5.74) is 0.709. The Morgan fingerprint density at radius 1 is 1.20 bits per heavy atom. The third-order valence-corrected chi connectivity index (χ3v) is 3.57. The summed E-state index contributed by atoms with van der Waals surface area (Å²) in [6.07, 6.45) is 4.86. The highest BCUT2D eigenvalue weighted by Gasteiger charge is 2.15. The van der Waals surface area contributed by atoms with E-state index >= 15 is 0 Å². The summed E-state index contributed by atoms with van der Waals surface area (Å²) in [7, 11) is 3.16. The maximum absolute atomic E-state index is 11.9. The molecule has 2 N–H and O–H groups in total. The van der Waals surface area contributed by atoms with Crippen molar-refractivity contribution in [2.24, 2.45) is 0 Å². The van der Waals surface area contributed by atoms with Gasteiger partial charge in [0.2, 0.25) is 5.91 Å². The summed E-state index contributed by atoms with van der Waals surface area (Å²) in [5.74, 6) is 1.22. The van der Waals surface area contributed by atoms with Gasteiger partial charge in [0, 0.05) is 17.8 Å². The third-order valence-electron chi connectivity index (χ3n) is 3.57. The number of ether oxygens (including phenoxy) is 2. The molecule has 1 aliphatic rings. The van der Waals surface area contributed by atoms with Gasteiger partial charge < -0.3 is 20.1 Å². The topological polar surface area (TPSA) is 59.6 Å². The minimum absolute atomic E-state index is 0.0379. The summed E-state index contributed by atoms with van der Waals surface area (Å²) in [6, 6.07) is 5.83. The number of nitrogens with one attached hydrogen (secondary N) is 2. The van der Waals surface area contributed by atoms with E-state index in [0.29, 0.717) is 29.8 Å². The Kier molecular flexibility index (Phi) is 5.24. The van der Waals surface area contributed by atoms with Crippen molar-refractivity contribution in [1.82, 2.24) is 5.32 Å². The largest absolute Gasteiger partial charge is 0.493 e. The van der Waals surface area contributed by atoms with Crippen molar-refractivity contribution >= 4 is 11.6 Å². The van der Waals surface area contributed by atoms with Crippen molar-refractivity contribution in [2.75, 3.05) is 26.1 Å². The average molecular weight is 278 g/mol. The van der Waals surface area contributed by atoms with E-state index in [9.17, 15) is 4.79 Å². The molecule has 5 nitrogen and oxygen atoms in total. The Morgan fingerprint density at radius 3 is 2.55 bits per heavy atom. The van der Waals surface area contributed by atoms with Crippen molar-refractivity contribution in [2.45, 2.75) is 31.7 Å². The molecule has 1 amide bonds. The van der Waals surface area contributed by atoms with Crippen LogP contribution in [0.3, 0.4) is 0 Å². The lowest BCUT2D eigenvalue weighted by Gasteiger charge is -2.13.